The third kappa shape index (κ3) is 5.10. The Morgan fingerprint density at radius 3 is 2.50 bits per heavy atom. The molecule has 0 bridgehead atoms. The van der Waals surface area contributed by atoms with E-state index in [1.807, 2.05) is 19.9 Å². The quantitative estimate of drug-likeness (QED) is 0.264. The number of hydrogen-bond acceptors (Lipinski definition) is 4. The van der Waals surface area contributed by atoms with Gasteiger partial charge in [0.15, 0.2) is 22.9 Å². The summed E-state index contributed by atoms with van der Waals surface area (Å²) in [6, 6.07) is 12.8. The molecule has 5 aromatic rings. The van der Waals surface area contributed by atoms with Gasteiger partial charge in [0, 0.05) is 28.9 Å². The molecule has 5 rings (SSSR count). The molecule has 0 aliphatic heterocycles. The van der Waals surface area contributed by atoms with Gasteiger partial charge in [-0.25, -0.2) is 13.9 Å². The monoisotopic (exact) mass is 542 g/mol. The van der Waals surface area contributed by atoms with E-state index in [0.29, 0.717) is 15.6 Å². The fourth-order valence-corrected chi connectivity index (χ4v) is 4.08. The highest BCUT2D eigenvalue weighted by Gasteiger charge is 2.35. The maximum absolute atomic E-state index is 13.9. The standard InChI is InChI=1S/C26H19ClF4N6O/c1-14-3-4-16(9-15(14)2)20-11-22(26(29,30)31)37-24(32-20)12-21(34-37)25(38)33-23-7-8-36(35-23)13-17-5-6-18(28)10-19(17)27/h3-12H,13H2,1-2H3,(H,33,35,38). The average Bonchev–Trinajstić information content (AvgIpc) is 3.48. The van der Waals surface area contributed by atoms with E-state index in [4.69, 9.17) is 11.6 Å². The van der Waals surface area contributed by atoms with Crippen LogP contribution in [0.15, 0.2) is 60.8 Å². The lowest BCUT2D eigenvalue weighted by Crippen LogP contribution is -2.16. The number of nitrogens with one attached hydrogen (secondary N) is 1. The third-order valence-corrected chi connectivity index (χ3v) is 6.33. The molecule has 1 amide bonds. The number of rotatable bonds is 5. The fourth-order valence-electron chi connectivity index (χ4n) is 3.86. The molecule has 1 N–H and O–H groups in total. The number of carbonyl (C=O) groups excluding carboxylic acids is 1. The predicted molar refractivity (Wildman–Crippen MR) is 134 cm³/mol. The molecule has 0 atom stereocenters. The first kappa shape index (κ1) is 25.4. The van der Waals surface area contributed by atoms with Crippen molar-refractivity contribution >= 4 is 29.0 Å². The van der Waals surface area contributed by atoms with Crippen molar-refractivity contribution < 1.29 is 22.4 Å². The van der Waals surface area contributed by atoms with Crippen molar-refractivity contribution in [2.24, 2.45) is 0 Å². The molecule has 0 spiro atoms. The molecule has 0 radical (unpaired) electrons. The molecule has 2 aromatic carbocycles. The molecule has 0 unspecified atom stereocenters. The lowest BCUT2D eigenvalue weighted by molar-refractivity contribution is -0.142. The van der Waals surface area contributed by atoms with Crippen LogP contribution in [0.2, 0.25) is 5.02 Å². The minimum absolute atomic E-state index is 0.109. The van der Waals surface area contributed by atoms with E-state index in [0.717, 1.165) is 17.2 Å². The van der Waals surface area contributed by atoms with E-state index >= 15 is 0 Å². The highest BCUT2D eigenvalue weighted by molar-refractivity contribution is 6.31. The zero-order valence-electron chi connectivity index (χ0n) is 20.0. The number of benzene rings is 2. The van der Waals surface area contributed by atoms with E-state index in [1.165, 1.54) is 35.0 Å². The first-order chi connectivity index (χ1) is 18.0. The number of aryl methyl sites for hydroxylation is 2. The van der Waals surface area contributed by atoms with Gasteiger partial charge in [0.1, 0.15) is 5.82 Å². The second-order valence-electron chi connectivity index (χ2n) is 8.71. The van der Waals surface area contributed by atoms with Crippen molar-refractivity contribution in [3.63, 3.8) is 0 Å². The average molecular weight is 543 g/mol. The Bertz CT molecular complexity index is 1690. The number of nitrogens with zero attached hydrogens (tertiary/aromatic N) is 5. The van der Waals surface area contributed by atoms with Crippen LogP contribution in [0, 0.1) is 19.7 Å². The number of hydrogen-bond donors (Lipinski definition) is 1. The van der Waals surface area contributed by atoms with Gasteiger partial charge < -0.3 is 5.32 Å². The SMILES string of the molecule is Cc1ccc(-c2cc(C(F)(F)F)n3nc(C(=O)Nc4ccn(Cc5ccc(F)cc5Cl)n4)cc3n2)cc1C. The summed E-state index contributed by atoms with van der Waals surface area (Å²) in [6.07, 6.45) is -3.17. The van der Waals surface area contributed by atoms with Crippen LogP contribution in [0.5, 0.6) is 0 Å². The summed E-state index contributed by atoms with van der Waals surface area (Å²) in [5, 5.41) is 10.8. The first-order valence-electron chi connectivity index (χ1n) is 11.3. The van der Waals surface area contributed by atoms with Crippen LogP contribution in [0.1, 0.15) is 32.9 Å². The minimum Gasteiger partial charge on any atom is -0.304 e. The van der Waals surface area contributed by atoms with Gasteiger partial charge in [-0.05, 0) is 54.8 Å². The van der Waals surface area contributed by atoms with E-state index in [1.54, 1.807) is 18.3 Å². The number of aromatic nitrogens is 5. The topological polar surface area (TPSA) is 77.1 Å². The summed E-state index contributed by atoms with van der Waals surface area (Å²) in [7, 11) is 0. The minimum atomic E-state index is -4.74. The summed E-state index contributed by atoms with van der Waals surface area (Å²) in [5.41, 5.74) is 1.68. The Morgan fingerprint density at radius 1 is 1.00 bits per heavy atom. The molecule has 38 heavy (non-hydrogen) atoms. The Hall–Kier alpha value is -4.25. The lowest BCUT2D eigenvalue weighted by atomic mass is 10.0. The number of anilines is 1. The molecule has 0 saturated carbocycles. The second kappa shape index (κ2) is 9.56. The van der Waals surface area contributed by atoms with Gasteiger partial charge in [0.25, 0.3) is 5.91 Å². The van der Waals surface area contributed by atoms with E-state index < -0.39 is 23.6 Å². The van der Waals surface area contributed by atoms with E-state index in [2.05, 4.69) is 20.5 Å². The Labute approximate surface area is 218 Å². The van der Waals surface area contributed by atoms with Crippen LogP contribution in [0.4, 0.5) is 23.4 Å². The Morgan fingerprint density at radius 2 is 1.79 bits per heavy atom. The van der Waals surface area contributed by atoms with Crippen molar-refractivity contribution in [3.8, 4) is 11.3 Å². The van der Waals surface area contributed by atoms with Crippen LogP contribution in [0.25, 0.3) is 16.9 Å². The van der Waals surface area contributed by atoms with Crippen LogP contribution in [-0.4, -0.2) is 30.3 Å². The number of alkyl halides is 3. The lowest BCUT2D eigenvalue weighted by Gasteiger charge is -2.11. The van der Waals surface area contributed by atoms with Gasteiger partial charge in [-0.3, -0.25) is 9.48 Å². The smallest absolute Gasteiger partial charge is 0.304 e. The maximum atomic E-state index is 13.9. The van der Waals surface area contributed by atoms with Gasteiger partial charge in [-0.15, -0.1) is 0 Å². The normalized spacial score (nSPS) is 11.8. The Balaban J connectivity index is 1.43. The van der Waals surface area contributed by atoms with E-state index in [-0.39, 0.29) is 34.4 Å². The molecular formula is C26H19ClF4N6O. The van der Waals surface area contributed by atoms with E-state index in [9.17, 15) is 22.4 Å². The van der Waals surface area contributed by atoms with Crippen LogP contribution < -0.4 is 5.32 Å². The molecule has 0 aliphatic carbocycles. The summed E-state index contributed by atoms with van der Waals surface area (Å²) >= 11 is 6.05. The van der Waals surface area contributed by atoms with Gasteiger partial charge in [-0.2, -0.15) is 23.4 Å². The number of amides is 1. The number of carbonyl (C=O) groups is 1. The molecular weight excluding hydrogens is 524 g/mol. The van der Waals surface area contributed by atoms with Gasteiger partial charge in [0.2, 0.25) is 0 Å². The maximum Gasteiger partial charge on any atom is 0.433 e. The van der Waals surface area contributed by atoms with Gasteiger partial charge in [-0.1, -0.05) is 29.8 Å². The highest BCUT2D eigenvalue weighted by atomic mass is 35.5. The largest absolute Gasteiger partial charge is 0.433 e. The number of fused-ring (bicyclic) bond motifs is 1. The molecule has 0 fully saturated rings. The summed E-state index contributed by atoms with van der Waals surface area (Å²) in [5.74, 6) is -1.09. The summed E-state index contributed by atoms with van der Waals surface area (Å²) in [4.78, 5) is 17.2. The van der Waals surface area contributed by atoms with Gasteiger partial charge >= 0.3 is 6.18 Å². The predicted octanol–water partition coefficient (Wildman–Crippen LogP) is 6.32. The van der Waals surface area contributed by atoms with Crippen molar-refractivity contribution in [2.75, 3.05) is 5.32 Å². The zero-order valence-corrected chi connectivity index (χ0v) is 20.8. The Kier molecular flexibility index (Phi) is 6.39. The molecule has 12 heteroatoms. The van der Waals surface area contributed by atoms with Crippen LogP contribution >= 0.6 is 11.6 Å². The van der Waals surface area contributed by atoms with Crippen molar-refractivity contribution in [1.29, 1.82) is 0 Å². The molecule has 0 saturated heterocycles. The fraction of sp³-hybridized carbons (Fsp3) is 0.154. The number of halogens is 5. The summed E-state index contributed by atoms with van der Waals surface area (Å²) < 4.78 is 57.1. The molecule has 194 valence electrons. The second-order valence-corrected chi connectivity index (χ2v) is 9.12. The molecule has 7 nitrogen and oxygen atoms in total. The zero-order chi connectivity index (χ0) is 27.2. The first-order valence-corrected chi connectivity index (χ1v) is 11.7. The molecule has 0 aliphatic rings. The van der Waals surface area contributed by atoms with Crippen molar-refractivity contribution in [1.82, 2.24) is 24.4 Å². The van der Waals surface area contributed by atoms with Crippen molar-refractivity contribution in [2.45, 2.75) is 26.6 Å². The van der Waals surface area contributed by atoms with Crippen LogP contribution in [0.3, 0.4) is 0 Å². The van der Waals surface area contributed by atoms with Crippen LogP contribution in [-0.2, 0) is 12.7 Å². The molecule has 3 aromatic heterocycles. The van der Waals surface area contributed by atoms with Crippen molar-refractivity contribution in [3.05, 3.63) is 99.7 Å². The summed E-state index contributed by atoms with van der Waals surface area (Å²) in [6.45, 7) is 3.97. The van der Waals surface area contributed by atoms with Gasteiger partial charge in [0.05, 0.1) is 12.2 Å². The third-order valence-electron chi connectivity index (χ3n) is 5.98. The molecule has 3 heterocycles. The highest BCUT2D eigenvalue weighted by Crippen LogP contribution is 2.33.